The minimum atomic E-state index is -0.773. The summed E-state index contributed by atoms with van der Waals surface area (Å²) in [6.45, 7) is 4.99. The number of benzene rings is 3. The summed E-state index contributed by atoms with van der Waals surface area (Å²) in [6.07, 6.45) is 19.7. The Morgan fingerprint density at radius 3 is 1.59 bits per heavy atom. The first-order valence-corrected chi connectivity index (χ1v) is 16.4. The molecule has 1 nitrogen and oxygen atoms in total. The van der Waals surface area contributed by atoms with Gasteiger partial charge in [0, 0.05) is 11.1 Å². The largest absolute Gasteiger partial charge is 0.493 e. The first kappa shape index (κ1) is 32.8. The SMILES string of the molecule is CCCCCCCCCCCCOc1cc(-c2ccc(-c3ccccc3)cc2)c(F)c(F)c1CCCCCCCC. The highest BCUT2D eigenvalue weighted by Crippen LogP contribution is 2.35. The van der Waals surface area contributed by atoms with Crippen molar-refractivity contribution in [2.24, 2.45) is 0 Å². The lowest BCUT2D eigenvalue weighted by atomic mass is 9.96. The zero-order valence-corrected chi connectivity index (χ0v) is 25.7. The van der Waals surface area contributed by atoms with Gasteiger partial charge in [0.2, 0.25) is 0 Å². The molecule has 0 N–H and O–H groups in total. The Balaban J connectivity index is 1.64. The number of hydrogen-bond donors (Lipinski definition) is 0. The van der Waals surface area contributed by atoms with E-state index in [1.54, 1.807) is 6.07 Å². The summed E-state index contributed by atoms with van der Waals surface area (Å²) in [5, 5.41) is 0. The monoisotopic (exact) mass is 562 g/mol. The van der Waals surface area contributed by atoms with Gasteiger partial charge < -0.3 is 4.74 Å². The van der Waals surface area contributed by atoms with E-state index in [1.165, 1.54) is 70.6 Å². The highest BCUT2D eigenvalue weighted by molar-refractivity contribution is 5.72. The zero-order chi connectivity index (χ0) is 29.1. The Bertz CT molecular complexity index is 1110. The molecule has 3 aromatic carbocycles. The zero-order valence-electron chi connectivity index (χ0n) is 25.7. The van der Waals surface area contributed by atoms with Crippen LogP contribution in [0.3, 0.4) is 0 Å². The maximum Gasteiger partial charge on any atom is 0.167 e. The molecular weight excluding hydrogens is 510 g/mol. The maximum atomic E-state index is 15.6. The van der Waals surface area contributed by atoms with Crippen molar-refractivity contribution in [2.45, 2.75) is 123 Å². The van der Waals surface area contributed by atoms with Crippen molar-refractivity contribution in [1.29, 1.82) is 0 Å². The van der Waals surface area contributed by atoms with Gasteiger partial charge in [-0.1, -0.05) is 158 Å². The van der Waals surface area contributed by atoms with Crippen LogP contribution in [-0.4, -0.2) is 6.61 Å². The molecule has 0 amide bonds. The molecule has 0 bridgehead atoms. The van der Waals surface area contributed by atoms with Crippen molar-refractivity contribution in [3.8, 4) is 28.0 Å². The van der Waals surface area contributed by atoms with E-state index < -0.39 is 11.6 Å². The summed E-state index contributed by atoms with van der Waals surface area (Å²) in [5.74, 6) is -1.01. The smallest absolute Gasteiger partial charge is 0.167 e. The third kappa shape index (κ3) is 11.3. The molecule has 3 rings (SSSR count). The third-order valence-electron chi connectivity index (χ3n) is 8.11. The minimum absolute atomic E-state index is 0.270. The van der Waals surface area contributed by atoms with Crippen molar-refractivity contribution < 1.29 is 13.5 Å². The van der Waals surface area contributed by atoms with E-state index >= 15 is 8.78 Å². The van der Waals surface area contributed by atoms with Crippen LogP contribution in [0.1, 0.15) is 122 Å². The fourth-order valence-electron chi connectivity index (χ4n) is 5.54. The highest BCUT2D eigenvalue weighted by Gasteiger charge is 2.20. The number of rotatable bonds is 21. The first-order chi connectivity index (χ1) is 20.2. The molecule has 0 spiro atoms. The molecule has 0 fully saturated rings. The van der Waals surface area contributed by atoms with Gasteiger partial charge in [0.25, 0.3) is 0 Å². The van der Waals surface area contributed by atoms with Gasteiger partial charge in [-0.2, -0.15) is 0 Å². The summed E-state index contributed by atoms with van der Waals surface area (Å²) >= 11 is 0. The van der Waals surface area contributed by atoms with E-state index in [4.69, 9.17) is 4.74 Å². The van der Waals surface area contributed by atoms with Crippen molar-refractivity contribution >= 4 is 0 Å². The predicted octanol–water partition coefficient (Wildman–Crippen LogP) is 12.5. The molecule has 0 aromatic heterocycles. The molecule has 0 aliphatic rings. The second-order valence-electron chi connectivity index (χ2n) is 11.5. The van der Waals surface area contributed by atoms with E-state index in [0.29, 0.717) is 29.9 Å². The van der Waals surface area contributed by atoms with Crippen molar-refractivity contribution in [3.05, 3.63) is 77.9 Å². The van der Waals surface area contributed by atoms with E-state index in [9.17, 15) is 0 Å². The molecule has 0 unspecified atom stereocenters. The first-order valence-electron chi connectivity index (χ1n) is 16.4. The summed E-state index contributed by atoms with van der Waals surface area (Å²) in [4.78, 5) is 0. The average Bonchev–Trinajstić information content (AvgIpc) is 3.01. The Hall–Kier alpha value is -2.68. The normalized spacial score (nSPS) is 11.2. The highest BCUT2D eigenvalue weighted by atomic mass is 19.2. The lowest BCUT2D eigenvalue weighted by Crippen LogP contribution is -2.06. The second kappa shape index (κ2) is 19.4. The Morgan fingerprint density at radius 2 is 1.00 bits per heavy atom. The van der Waals surface area contributed by atoms with E-state index in [1.807, 2.05) is 54.6 Å². The summed E-state index contributed by atoms with van der Waals surface area (Å²) in [7, 11) is 0. The number of hydrogen-bond acceptors (Lipinski definition) is 1. The van der Waals surface area contributed by atoms with Crippen molar-refractivity contribution in [2.75, 3.05) is 6.61 Å². The van der Waals surface area contributed by atoms with Crippen molar-refractivity contribution in [1.82, 2.24) is 0 Å². The predicted molar refractivity (Wildman–Crippen MR) is 172 cm³/mol. The Labute approximate surface area is 248 Å². The number of unbranched alkanes of at least 4 members (excludes halogenated alkanes) is 14. The lowest BCUT2D eigenvalue weighted by Gasteiger charge is -2.16. The topological polar surface area (TPSA) is 9.23 Å². The van der Waals surface area contributed by atoms with Crippen LogP contribution in [0.4, 0.5) is 8.78 Å². The Morgan fingerprint density at radius 1 is 0.512 bits per heavy atom. The van der Waals surface area contributed by atoms with Crippen LogP contribution in [0.5, 0.6) is 5.75 Å². The molecule has 0 radical (unpaired) electrons. The van der Waals surface area contributed by atoms with Crippen LogP contribution in [-0.2, 0) is 6.42 Å². The minimum Gasteiger partial charge on any atom is -0.493 e. The molecule has 0 saturated heterocycles. The second-order valence-corrected chi connectivity index (χ2v) is 11.5. The van der Waals surface area contributed by atoms with E-state index in [-0.39, 0.29) is 5.56 Å². The lowest BCUT2D eigenvalue weighted by molar-refractivity contribution is 0.297. The molecule has 0 aliphatic heterocycles. The quantitative estimate of drug-likeness (QED) is 0.117. The van der Waals surface area contributed by atoms with Crippen LogP contribution in [0.2, 0.25) is 0 Å². The summed E-state index contributed by atoms with van der Waals surface area (Å²) in [6, 6.07) is 19.5. The Kier molecular flexibility index (Phi) is 15.6. The molecule has 3 aromatic rings. The molecule has 0 heterocycles. The number of halogens is 2. The third-order valence-corrected chi connectivity index (χ3v) is 8.11. The number of ether oxygens (including phenoxy) is 1. The van der Waals surface area contributed by atoms with Crippen LogP contribution in [0.15, 0.2) is 60.7 Å². The van der Waals surface area contributed by atoms with E-state index in [2.05, 4.69) is 13.8 Å². The van der Waals surface area contributed by atoms with Gasteiger partial charge in [0.1, 0.15) is 5.75 Å². The van der Waals surface area contributed by atoms with Gasteiger partial charge in [0.15, 0.2) is 11.6 Å². The van der Waals surface area contributed by atoms with Crippen LogP contribution in [0, 0.1) is 11.6 Å². The van der Waals surface area contributed by atoms with E-state index in [0.717, 1.165) is 43.2 Å². The molecule has 3 heteroatoms. The van der Waals surface area contributed by atoms with Gasteiger partial charge >= 0.3 is 0 Å². The van der Waals surface area contributed by atoms with Gasteiger partial charge in [-0.15, -0.1) is 0 Å². The van der Waals surface area contributed by atoms with Gasteiger partial charge in [-0.05, 0) is 42.0 Å². The molecule has 0 atom stereocenters. The van der Waals surface area contributed by atoms with Gasteiger partial charge in [-0.3, -0.25) is 0 Å². The van der Waals surface area contributed by atoms with Crippen LogP contribution < -0.4 is 4.74 Å². The fraction of sp³-hybridized carbons (Fsp3) is 0.526. The van der Waals surface area contributed by atoms with Crippen LogP contribution in [0.25, 0.3) is 22.3 Å². The molecule has 0 aliphatic carbocycles. The summed E-state index contributed by atoms with van der Waals surface area (Å²) in [5.41, 5.74) is 3.48. The maximum absolute atomic E-state index is 15.6. The van der Waals surface area contributed by atoms with Gasteiger partial charge in [0.05, 0.1) is 6.61 Å². The van der Waals surface area contributed by atoms with Gasteiger partial charge in [-0.25, -0.2) is 8.78 Å². The summed E-state index contributed by atoms with van der Waals surface area (Å²) < 4.78 is 37.2. The standard InChI is InChI=1S/C38H52F2O/c1-3-5-7-9-11-12-13-14-16-21-29-41-36-30-35(33-27-25-32(26-28-33)31-22-18-17-19-23-31)38(40)37(39)34(36)24-20-15-10-8-6-4-2/h17-19,22-23,25-28,30H,3-16,20-21,24,29H2,1-2H3. The average molecular weight is 563 g/mol. The fourth-order valence-corrected chi connectivity index (χ4v) is 5.54. The molecule has 224 valence electrons. The van der Waals surface area contributed by atoms with Crippen LogP contribution >= 0.6 is 0 Å². The van der Waals surface area contributed by atoms with Crippen molar-refractivity contribution in [3.63, 3.8) is 0 Å². The molecule has 0 saturated carbocycles. The molecule has 41 heavy (non-hydrogen) atoms. The molecular formula is C38H52F2O.